The molecule has 3 heterocycles. The second-order valence-electron chi connectivity index (χ2n) is 9.82. The van der Waals surface area contributed by atoms with E-state index in [9.17, 15) is 23.1 Å². The Morgan fingerprint density at radius 2 is 1.61 bits per heavy atom. The topological polar surface area (TPSA) is 56.7 Å². The van der Waals surface area contributed by atoms with Gasteiger partial charge in [0.25, 0.3) is 0 Å². The number of nitrogens with zero attached hydrogens (tertiary/aromatic N) is 3. The van der Waals surface area contributed by atoms with Crippen molar-refractivity contribution < 1.29 is 23.1 Å². The van der Waals surface area contributed by atoms with Crippen molar-refractivity contribution in [2.75, 3.05) is 26.2 Å². The van der Waals surface area contributed by atoms with E-state index in [1.54, 1.807) is 24.3 Å². The zero-order valence-electron chi connectivity index (χ0n) is 20.1. The van der Waals surface area contributed by atoms with E-state index in [0.29, 0.717) is 40.3 Å². The van der Waals surface area contributed by atoms with Gasteiger partial charge in [0.15, 0.2) is 0 Å². The molecule has 0 aliphatic carbocycles. The van der Waals surface area contributed by atoms with Crippen molar-refractivity contribution in [3.05, 3.63) is 65.2 Å². The first-order chi connectivity index (χ1) is 17.3. The van der Waals surface area contributed by atoms with Gasteiger partial charge in [-0.2, -0.15) is 13.2 Å². The molecule has 0 spiro atoms. The Kier molecular flexibility index (Phi) is 6.99. The number of carboxylic acid groups (broad SMARTS) is 1. The molecule has 190 valence electrons. The van der Waals surface area contributed by atoms with Crippen LogP contribution in [0.4, 0.5) is 13.2 Å². The van der Waals surface area contributed by atoms with Crippen molar-refractivity contribution in [1.29, 1.82) is 0 Å². The molecule has 0 unspecified atom stereocenters. The third kappa shape index (κ3) is 5.11. The second-order valence-corrected chi connectivity index (χ2v) is 9.82. The predicted octanol–water partition coefficient (Wildman–Crippen LogP) is 6.07. The molecule has 1 N–H and O–H groups in total. The fourth-order valence-electron chi connectivity index (χ4n) is 5.66. The summed E-state index contributed by atoms with van der Waals surface area (Å²) < 4.78 is 39.5. The van der Waals surface area contributed by atoms with Crippen LogP contribution in [0.25, 0.3) is 22.2 Å². The molecule has 0 saturated carbocycles. The summed E-state index contributed by atoms with van der Waals surface area (Å²) in [5.41, 5.74) is 1.41. The standard InChI is InChI=1S/C28H30F3N3O2/c29-28(30,31)20-10-8-19(9-11-20)26-23(25(27(35)36)22-6-2-3-7-24(22)32-26)18-33-16-12-21(13-17-33)34-14-4-1-5-15-34/h2-3,6-11,21H,1,4-5,12-18H2,(H,35,36). The van der Waals surface area contributed by atoms with Gasteiger partial charge in [-0.15, -0.1) is 0 Å². The Balaban J connectivity index is 1.49. The summed E-state index contributed by atoms with van der Waals surface area (Å²) in [4.78, 5) is 22.1. The predicted molar refractivity (Wildman–Crippen MR) is 133 cm³/mol. The average molecular weight is 498 g/mol. The quantitative estimate of drug-likeness (QED) is 0.464. The first-order valence-electron chi connectivity index (χ1n) is 12.6. The molecule has 5 nitrogen and oxygen atoms in total. The van der Waals surface area contributed by atoms with E-state index in [-0.39, 0.29) is 5.56 Å². The SMILES string of the molecule is O=C(O)c1c(CN2CCC(N3CCCCC3)CC2)c(-c2ccc(C(F)(F)F)cc2)nc2ccccc12. The summed E-state index contributed by atoms with van der Waals surface area (Å²) in [7, 11) is 0. The molecule has 3 aromatic rings. The Bertz CT molecular complexity index is 1230. The molecule has 0 atom stereocenters. The number of benzene rings is 2. The largest absolute Gasteiger partial charge is 0.478 e. The van der Waals surface area contributed by atoms with E-state index >= 15 is 0 Å². The number of halogens is 3. The van der Waals surface area contributed by atoms with Crippen LogP contribution in [-0.2, 0) is 12.7 Å². The van der Waals surface area contributed by atoms with Crippen LogP contribution >= 0.6 is 0 Å². The fourth-order valence-corrected chi connectivity index (χ4v) is 5.66. The van der Waals surface area contributed by atoms with Crippen LogP contribution in [0, 0.1) is 0 Å². The van der Waals surface area contributed by atoms with Crippen LogP contribution in [0.2, 0.25) is 0 Å². The zero-order valence-corrected chi connectivity index (χ0v) is 20.1. The first-order valence-corrected chi connectivity index (χ1v) is 12.6. The molecule has 2 aliphatic rings. The van der Waals surface area contributed by atoms with Crippen LogP contribution in [-0.4, -0.2) is 58.1 Å². The van der Waals surface area contributed by atoms with Gasteiger partial charge in [-0.05, 0) is 70.1 Å². The molecule has 0 bridgehead atoms. The van der Waals surface area contributed by atoms with Crippen LogP contribution in [0.15, 0.2) is 48.5 Å². The van der Waals surface area contributed by atoms with Gasteiger partial charge in [-0.1, -0.05) is 36.8 Å². The highest BCUT2D eigenvalue weighted by Gasteiger charge is 2.31. The third-order valence-corrected chi connectivity index (χ3v) is 7.54. The van der Waals surface area contributed by atoms with Gasteiger partial charge >= 0.3 is 12.1 Å². The molecule has 2 aromatic carbocycles. The van der Waals surface area contributed by atoms with Gasteiger partial charge < -0.3 is 10.0 Å². The number of hydrogen-bond donors (Lipinski definition) is 1. The number of aromatic carboxylic acids is 1. The average Bonchev–Trinajstić information content (AvgIpc) is 2.88. The molecule has 1 aromatic heterocycles. The van der Waals surface area contributed by atoms with E-state index in [2.05, 4.69) is 9.80 Å². The highest BCUT2D eigenvalue weighted by molar-refractivity contribution is 6.05. The van der Waals surface area contributed by atoms with Gasteiger partial charge in [0, 0.05) is 29.1 Å². The van der Waals surface area contributed by atoms with Crippen LogP contribution < -0.4 is 0 Å². The Morgan fingerprint density at radius 1 is 0.944 bits per heavy atom. The van der Waals surface area contributed by atoms with Gasteiger partial charge in [0.2, 0.25) is 0 Å². The lowest BCUT2D eigenvalue weighted by molar-refractivity contribution is -0.137. The molecule has 36 heavy (non-hydrogen) atoms. The third-order valence-electron chi connectivity index (χ3n) is 7.54. The number of para-hydroxylation sites is 1. The number of rotatable bonds is 5. The Labute approximate surface area is 208 Å². The Morgan fingerprint density at radius 3 is 2.25 bits per heavy atom. The lowest BCUT2D eigenvalue weighted by Crippen LogP contribution is -2.46. The Hall–Kier alpha value is -2.97. The van der Waals surface area contributed by atoms with E-state index in [0.717, 1.165) is 51.2 Å². The van der Waals surface area contributed by atoms with Crippen LogP contribution in [0.3, 0.4) is 0 Å². The van der Waals surface area contributed by atoms with Gasteiger partial charge in [0.1, 0.15) is 0 Å². The second kappa shape index (κ2) is 10.2. The maximum atomic E-state index is 13.2. The smallest absolute Gasteiger partial charge is 0.416 e. The van der Waals surface area contributed by atoms with Crippen molar-refractivity contribution >= 4 is 16.9 Å². The summed E-state index contributed by atoms with van der Waals surface area (Å²) in [6.45, 7) is 4.39. The van der Waals surface area contributed by atoms with Crippen molar-refractivity contribution in [2.24, 2.45) is 0 Å². The molecule has 2 aliphatic heterocycles. The van der Waals surface area contributed by atoms with Gasteiger partial charge in [0.05, 0.1) is 22.3 Å². The summed E-state index contributed by atoms with van der Waals surface area (Å²) in [5, 5.41) is 10.8. The number of hydrogen-bond acceptors (Lipinski definition) is 4. The summed E-state index contributed by atoms with van der Waals surface area (Å²) in [5.74, 6) is -1.06. The normalized spacial score (nSPS) is 18.5. The minimum absolute atomic E-state index is 0.175. The van der Waals surface area contributed by atoms with E-state index in [1.807, 2.05) is 0 Å². The van der Waals surface area contributed by atoms with E-state index in [1.165, 1.54) is 31.4 Å². The van der Waals surface area contributed by atoms with E-state index < -0.39 is 17.7 Å². The molecule has 2 fully saturated rings. The molecular weight excluding hydrogens is 467 g/mol. The minimum atomic E-state index is -4.44. The van der Waals surface area contributed by atoms with Crippen molar-refractivity contribution in [2.45, 2.75) is 50.9 Å². The van der Waals surface area contributed by atoms with Gasteiger partial charge in [-0.3, -0.25) is 4.90 Å². The monoisotopic (exact) mass is 497 g/mol. The van der Waals surface area contributed by atoms with Gasteiger partial charge in [-0.25, -0.2) is 9.78 Å². The van der Waals surface area contributed by atoms with E-state index in [4.69, 9.17) is 4.98 Å². The summed E-state index contributed by atoms with van der Waals surface area (Å²) in [6, 6.07) is 12.4. The van der Waals surface area contributed by atoms with Crippen LogP contribution in [0.5, 0.6) is 0 Å². The van der Waals surface area contributed by atoms with Crippen molar-refractivity contribution in [3.8, 4) is 11.3 Å². The number of aromatic nitrogens is 1. The molecule has 8 heteroatoms. The maximum Gasteiger partial charge on any atom is 0.416 e. The number of piperidine rings is 2. The number of alkyl halides is 3. The molecule has 0 radical (unpaired) electrons. The minimum Gasteiger partial charge on any atom is -0.478 e. The lowest BCUT2D eigenvalue weighted by Gasteiger charge is -2.40. The highest BCUT2D eigenvalue weighted by Crippen LogP contribution is 2.35. The van der Waals surface area contributed by atoms with Crippen molar-refractivity contribution in [3.63, 3.8) is 0 Å². The first kappa shape index (κ1) is 24.7. The number of fused-ring (bicyclic) bond motifs is 1. The molecule has 0 amide bonds. The maximum absolute atomic E-state index is 13.2. The highest BCUT2D eigenvalue weighted by atomic mass is 19.4. The molecule has 5 rings (SSSR count). The summed E-state index contributed by atoms with van der Waals surface area (Å²) >= 11 is 0. The zero-order chi connectivity index (χ0) is 25.3. The number of carboxylic acids is 1. The number of likely N-dealkylation sites (tertiary alicyclic amines) is 2. The molecular formula is C28H30F3N3O2. The van der Waals surface area contributed by atoms with Crippen LogP contribution in [0.1, 0.15) is 53.6 Å². The summed E-state index contributed by atoms with van der Waals surface area (Å²) in [6.07, 6.45) is 1.42. The lowest BCUT2D eigenvalue weighted by atomic mass is 9.94. The number of pyridine rings is 1. The van der Waals surface area contributed by atoms with Crippen molar-refractivity contribution in [1.82, 2.24) is 14.8 Å². The fraction of sp³-hybridized carbons (Fsp3) is 0.429. The number of carbonyl (C=O) groups is 1. The molecule has 2 saturated heterocycles.